The Bertz CT molecular complexity index is 473. The van der Waals surface area contributed by atoms with Crippen LogP contribution in [0.15, 0.2) is 54.6 Å². The highest BCUT2D eigenvalue weighted by atomic mass is 14.9. The molecule has 0 aliphatic carbocycles. The van der Waals surface area contributed by atoms with Gasteiger partial charge in [-0.1, -0.05) is 56.3 Å². The molecule has 1 unspecified atom stereocenters. The first-order valence-electron chi connectivity index (χ1n) is 7.17. The van der Waals surface area contributed by atoms with Gasteiger partial charge in [-0.15, -0.1) is 0 Å². The second-order valence-corrected chi connectivity index (χ2v) is 5.08. The van der Waals surface area contributed by atoms with Crippen LogP contribution in [0.25, 0.3) is 0 Å². The van der Waals surface area contributed by atoms with Crippen LogP contribution in [0.1, 0.15) is 37.3 Å². The average molecular weight is 253 g/mol. The summed E-state index contributed by atoms with van der Waals surface area (Å²) in [5.74, 6) is 0.601. The maximum absolute atomic E-state index is 3.50. The summed E-state index contributed by atoms with van der Waals surface area (Å²) in [6.07, 6.45) is 2.25. The van der Waals surface area contributed by atoms with Crippen LogP contribution in [0.5, 0.6) is 0 Å². The van der Waals surface area contributed by atoms with E-state index in [9.17, 15) is 0 Å². The van der Waals surface area contributed by atoms with E-state index in [1.807, 2.05) is 0 Å². The highest BCUT2D eigenvalue weighted by molar-refractivity contribution is 5.44. The standard InChI is InChI=1S/C18H23N/c1-3-16-9-11-18(12-10-16)19-14-13-15(2)17-7-5-4-6-8-17/h4-12,15,19H,3,13-14H2,1-2H3. The molecule has 0 spiro atoms. The lowest BCUT2D eigenvalue weighted by molar-refractivity contribution is 0.706. The Morgan fingerprint density at radius 2 is 1.63 bits per heavy atom. The summed E-state index contributed by atoms with van der Waals surface area (Å²) < 4.78 is 0. The molecule has 0 aliphatic rings. The van der Waals surface area contributed by atoms with Gasteiger partial charge in [0.15, 0.2) is 0 Å². The van der Waals surface area contributed by atoms with Crippen LogP contribution in [0.3, 0.4) is 0 Å². The molecule has 0 saturated carbocycles. The van der Waals surface area contributed by atoms with E-state index in [2.05, 4.69) is 73.8 Å². The minimum atomic E-state index is 0.601. The molecular formula is C18H23N. The van der Waals surface area contributed by atoms with Gasteiger partial charge in [-0.3, -0.25) is 0 Å². The van der Waals surface area contributed by atoms with Gasteiger partial charge in [-0.2, -0.15) is 0 Å². The quantitative estimate of drug-likeness (QED) is 0.775. The molecule has 0 radical (unpaired) electrons. The summed E-state index contributed by atoms with van der Waals surface area (Å²) in [7, 11) is 0. The van der Waals surface area contributed by atoms with Crippen LogP contribution in [-0.2, 0) is 6.42 Å². The zero-order valence-corrected chi connectivity index (χ0v) is 11.9. The molecule has 19 heavy (non-hydrogen) atoms. The fourth-order valence-corrected chi connectivity index (χ4v) is 2.24. The molecule has 100 valence electrons. The van der Waals surface area contributed by atoms with E-state index in [0.29, 0.717) is 5.92 Å². The van der Waals surface area contributed by atoms with Crippen LogP contribution in [0.4, 0.5) is 5.69 Å². The molecule has 0 aliphatic heterocycles. The molecular weight excluding hydrogens is 230 g/mol. The van der Waals surface area contributed by atoms with Crippen molar-refractivity contribution in [1.82, 2.24) is 0 Å². The Morgan fingerprint density at radius 3 is 2.26 bits per heavy atom. The molecule has 0 amide bonds. The fourth-order valence-electron chi connectivity index (χ4n) is 2.24. The molecule has 0 fully saturated rings. The average Bonchev–Trinajstić information content (AvgIpc) is 2.49. The number of hydrogen-bond acceptors (Lipinski definition) is 1. The predicted octanol–water partition coefficient (Wildman–Crippen LogP) is 4.85. The van der Waals surface area contributed by atoms with Crippen molar-refractivity contribution in [2.75, 3.05) is 11.9 Å². The number of benzene rings is 2. The molecule has 1 nitrogen and oxygen atoms in total. The first-order valence-corrected chi connectivity index (χ1v) is 7.17. The smallest absolute Gasteiger partial charge is 0.0340 e. The number of rotatable bonds is 6. The van der Waals surface area contributed by atoms with E-state index in [4.69, 9.17) is 0 Å². The third kappa shape index (κ3) is 4.13. The van der Waals surface area contributed by atoms with E-state index in [1.54, 1.807) is 0 Å². The summed E-state index contributed by atoms with van der Waals surface area (Å²) >= 11 is 0. The van der Waals surface area contributed by atoms with Gasteiger partial charge in [0.05, 0.1) is 0 Å². The topological polar surface area (TPSA) is 12.0 Å². The molecule has 2 aromatic rings. The van der Waals surface area contributed by atoms with Crippen LogP contribution in [0.2, 0.25) is 0 Å². The number of hydrogen-bond donors (Lipinski definition) is 1. The monoisotopic (exact) mass is 253 g/mol. The van der Waals surface area contributed by atoms with Crippen molar-refractivity contribution >= 4 is 5.69 Å². The lowest BCUT2D eigenvalue weighted by Gasteiger charge is -2.13. The minimum absolute atomic E-state index is 0.601. The van der Waals surface area contributed by atoms with Gasteiger partial charge in [0.1, 0.15) is 0 Å². The van der Waals surface area contributed by atoms with Crippen LogP contribution in [0, 0.1) is 0 Å². The molecule has 1 heteroatoms. The Hall–Kier alpha value is -1.76. The van der Waals surface area contributed by atoms with E-state index in [1.165, 1.54) is 16.8 Å². The van der Waals surface area contributed by atoms with Gasteiger partial charge < -0.3 is 5.32 Å². The Balaban J connectivity index is 1.79. The van der Waals surface area contributed by atoms with Crippen molar-refractivity contribution in [2.24, 2.45) is 0 Å². The largest absolute Gasteiger partial charge is 0.385 e. The van der Waals surface area contributed by atoms with Crippen molar-refractivity contribution in [1.29, 1.82) is 0 Å². The molecule has 0 bridgehead atoms. The number of nitrogens with one attached hydrogen (secondary N) is 1. The van der Waals surface area contributed by atoms with Gasteiger partial charge >= 0.3 is 0 Å². The zero-order chi connectivity index (χ0) is 13.5. The van der Waals surface area contributed by atoms with Crippen molar-refractivity contribution in [3.05, 3.63) is 65.7 Å². The molecule has 0 heterocycles. The van der Waals surface area contributed by atoms with Gasteiger partial charge in [0, 0.05) is 12.2 Å². The van der Waals surface area contributed by atoms with Gasteiger partial charge in [-0.25, -0.2) is 0 Å². The summed E-state index contributed by atoms with van der Waals surface area (Å²) in [6, 6.07) is 19.5. The van der Waals surface area contributed by atoms with Gasteiger partial charge in [0.25, 0.3) is 0 Å². The van der Waals surface area contributed by atoms with Crippen molar-refractivity contribution in [3.8, 4) is 0 Å². The summed E-state index contributed by atoms with van der Waals surface area (Å²) in [4.78, 5) is 0. The first kappa shape index (κ1) is 13.7. The third-order valence-corrected chi connectivity index (χ3v) is 3.64. The second-order valence-electron chi connectivity index (χ2n) is 5.08. The number of anilines is 1. The van der Waals surface area contributed by atoms with E-state index >= 15 is 0 Å². The Morgan fingerprint density at radius 1 is 0.947 bits per heavy atom. The third-order valence-electron chi connectivity index (χ3n) is 3.64. The first-order chi connectivity index (χ1) is 9.29. The lowest BCUT2D eigenvalue weighted by atomic mass is 9.98. The second kappa shape index (κ2) is 6.98. The zero-order valence-electron chi connectivity index (χ0n) is 11.9. The Labute approximate surface area is 116 Å². The molecule has 0 saturated heterocycles. The summed E-state index contributed by atoms with van der Waals surface area (Å²) in [5.41, 5.74) is 4.03. The van der Waals surface area contributed by atoms with Crippen LogP contribution in [-0.4, -0.2) is 6.54 Å². The SMILES string of the molecule is CCc1ccc(NCCC(C)c2ccccc2)cc1. The van der Waals surface area contributed by atoms with Gasteiger partial charge in [-0.05, 0) is 42.0 Å². The molecule has 1 N–H and O–H groups in total. The Kier molecular flexibility index (Phi) is 5.02. The van der Waals surface area contributed by atoms with Crippen molar-refractivity contribution in [2.45, 2.75) is 32.6 Å². The number of aryl methyl sites for hydroxylation is 1. The molecule has 0 aromatic heterocycles. The van der Waals surface area contributed by atoms with Crippen molar-refractivity contribution < 1.29 is 0 Å². The normalized spacial score (nSPS) is 12.1. The van der Waals surface area contributed by atoms with Crippen LogP contribution >= 0.6 is 0 Å². The van der Waals surface area contributed by atoms with E-state index in [-0.39, 0.29) is 0 Å². The maximum Gasteiger partial charge on any atom is 0.0340 e. The van der Waals surface area contributed by atoms with E-state index in [0.717, 1.165) is 19.4 Å². The van der Waals surface area contributed by atoms with Gasteiger partial charge in [0.2, 0.25) is 0 Å². The summed E-state index contributed by atoms with van der Waals surface area (Å²) in [6.45, 7) is 5.49. The molecule has 1 atom stereocenters. The highest BCUT2D eigenvalue weighted by Gasteiger charge is 2.04. The maximum atomic E-state index is 3.50. The molecule has 2 aromatic carbocycles. The van der Waals surface area contributed by atoms with Crippen LogP contribution < -0.4 is 5.32 Å². The van der Waals surface area contributed by atoms with E-state index < -0.39 is 0 Å². The minimum Gasteiger partial charge on any atom is -0.385 e. The fraction of sp³-hybridized carbons (Fsp3) is 0.333. The lowest BCUT2D eigenvalue weighted by Crippen LogP contribution is -2.05. The summed E-state index contributed by atoms with van der Waals surface area (Å²) in [5, 5.41) is 3.50. The molecule has 2 rings (SSSR count). The predicted molar refractivity (Wildman–Crippen MR) is 83.8 cm³/mol. The highest BCUT2D eigenvalue weighted by Crippen LogP contribution is 2.18. The van der Waals surface area contributed by atoms with Crippen molar-refractivity contribution in [3.63, 3.8) is 0 Å².